The van der Waals surface area contributed by atoms with Crippen LogP contribution in [0.3, 0.4) is 0 Å². The van der Waals surface area contributed by atoms with Crippen LogP contribution in [0.25, 0.3) is 0 Å². The maximum atomic E-state index is 11.2. The fourth-order valence-electron chi connectivity index (χ4n) is 1.53. The van der Waals surface area contributed by atoms with Crippen LogP contribution < -0.4 is 10.9 Å². The average Bonchev–Trinajstić information content (AvgIpc) is 2.29. The molecule has 0 unspecified atom stereocenters. The van der Waals surface area contributed by atoms with Crippen molar-refractivity contribution in [2.24, 2.45) is 0 Å². The van der Waals surface area contributed by atoms with Crippen LogP contribution in [-0.4, -0.2) is 21.5 Å². The molecule has 0 saturated carbocycles. The van der Waals surface area contributed by atoms with Gasteiger partial charge in [0, 0.05) is 30.9 Å². The molecule has 0 fully saturated rings. The van der Waals surface area contributed by atoms with Crippen molar-refractivity contribution in [2.45, 2.75) is 13.3 Å². The Bertz CT molecular complexity index is 536. The van der Waals surface area contributed by atoms with Gasteiger partial charge in [-0.25, -0.2) is 4.98 Å². The van der Waals surface area contributed by atoms with Gasteiger partial charge in [0.2, 0.25) is 0 Å². The van der Waals surface area contributed by atoms with Gasteiger partial charge in [0.1, 0.15) is 11.6 Å². The molecule has 88 valence electrons. The molecule has 0 amide bonds. The third-order valence-corrected chi connectivity index (χ3v) is 2.27. The summed E-state index contributed by atoms with van der Waals surface area (Å²) in [7, 11) is 0. The summed E-state index contributed by atoms with van der Waals surface area (Å²) in [4.78, 5) is 22.2. The number of hydrogen-bond acceptors (Lipinski definition) is 4. The molecule has 5 heteroatoms. The number of H-pyrrole nitrogens is 1. The minimum absolute atomic E-state index is 0.141. The summed E-state index contributed by atoms with van der Waals surface area (Å²) in [5.41, 5.74) is 0.874. The first-order chi connectivity index (χ1) is 8.24. The molecule has 2 aromatic heterocycles. The monoisotopic (exact) mass is 230 g/mol. The molecule has 0 aromatic carbocycles. The second kappa shape index (κ2) is 5.25. The Morgan fingerprint density at radius 1 is 1.41 bits per heavy atom. The zero-order chi connectivity index (χ0) is 12.1. The van der Waals surface area contributed by atoms with Crippen LogP contribution >= 0.6 is 0 Å². The lowest BCUT2D eigenvalue weighted by Gasteiger charge is -2.05. The van der Waals surface area contributed by atoms with Gasteiger partial charge in [0.05, 0.1) is 0 Å². The van der Waals surface area contributed by atoms with Crippen LogP contribution in [0.15, 0.2) is 35.3 Å². The molecule has 0 aliphatic heterocycles. The molecule has 2 aromatic rings. The molecule has 0 spiro atoms. The number of anilines is 1. The van der Waals surface area contributed by atoms with E-state index in [1.165, 1.54) is 6.07 Å². The molecule has 2 heterocycles. The summed E-state index contributed by atoms with van der Waals surface area (Å²) in [6.07, 6.45) is 2.57. The Morgan fingerprint density at radius 2 is 2.29 bits per heavy atom. The summed E-state index contributed by atoms with van der Waals surface area (Å²) in [6.45, 7) is 2.46. The topological polar surface area (TPSA) is 70.7 Å². The quantitative estimate of drug-likeness (QED) is 0.826. The number of aromatic nitrogens is 3. The van der Waals surface area contributed by atoms with Crippen molar-refractivity contribution in [2.75, 3.05) is 11.9 Å². The molecule has 0 radical (unpaired) electrons. The number of aromatic amines is 1. The van der Waals surface area contributed by atoms with Gasteiger partial charge >= 0.3 is 0 Å². The third-order valence-electron chi connectivity index (χ3n) is 2.27. The molecular weight excluding hydrogens is 216 g/mol. The van der Waals surface area contributed by atoms with Crippen LogP contribution in [0, 0.1) is 6.92 Å². The van der Waals surface area contributed by atoms with E-state index in [2.05, 4.69) is 20.3 Å². The largest absolute Gasteiger partial charge is 0.369 e. The Morgan fingerprint density at radius 3 is 3.00 bits per heavy atom. The second-order valence-electron chi connectivity index (χ2n) is 3.71. The van der Waals surface area contributed by atoms with E-state index < -0.39 is 0 Å². The molecule has 2 N–H and O–H groups in total. The van der Waals surface area contributed by atoms with Gasteiger partial charge in [-0.3, -0.25) is 9.78 Å². The van der Waals surface area contributed by atoms with Crippen LogP contribution in [0.2, 0.25) is 0 Å². The van der Waals surface area contributed by atoms with E-state index in [0.29, 0.717) is 18.2 Å². The highest BCUT2D eigenvalue weighted by Crippen LogP contribution is 1.99. The van der Waals surface area contributed by atoms with Gasteiger partial charge in [-0.1, -0.05) is 6.07 Å². The summed E-state index contributed by atoms with van der Waals surface area (Å²) in [6, 6.07) is 7.26. The van der Waals surface area contributed by atoms with Gasteiger partial charge in [-0.05, 0) is 19.1 Å². The number of nitrogens with zero attached hydrogens (tertiary/aromatic N) is 2. The molecule has 0 aliphatic carbocycles. The highest BCUT2D eigenvalue weighted by molar-refractivity contribution is 5.32. The molecule has 17 heavy (non-hydrogen) atoms. The summed E-state index contributed by atoms with van der Waals surface area (Å²) in [5, 5.41) is 3.10. The lowest BCUT2D eigenvalue weighted by Crippen LogP contribution is -2.13. The van der Waals surface area contributed by atoms with E-state index in [4.69, 9.17) is 0 Å². The fraction of sp³-hybridized carbons (Fsp3) is 0.250. The number of aryl methyl sites for hydroxylation is 1. The Balaban J connectivity index is 1.92. The van der Waals surface area contributed by atoms with Crippen molar-refractivity contribution in [1.29, 1.82) is 0 Å². The Hall–Kier alpha value is -2.17. The Kier molecular flexibility index (Phi) is 3.49. The van der Waals surface area contributed by atoms with Gasteiger partial charge in [-0.2, -0.15) is 0 Å². The SMILES string of the molecule is Cc1nc(NCCc2ccccn2)cc(=O)[nH]1. The van der Waals surface area contributed by atoms with Crippen LogP contribution in [-0.2, 0) is 6.42 Å². The molecule has 2 rings (SSSR count). The standard InChI is InChI=1S/C12H14N4O/c1-9-15-11(8-12(17)16-9)14-7-5-10-4-2-3-6-13-10/h2-4,6,8H,5,7H2,1H3,(H2,14,15,16,17). The predicted molar refractivity (Wildman–Crippen MR) is 66.0 cm³/mol. The number of nitrogens with one attached hydrogen (secondary N) is 2. The highest BCUT2D eigenvalue weighted by Gasteiger charge is 1.98. The van der Waals surface area contributed by atoms with Crippen LogP contribution in [0.4, 0.5) is 5.82 Å². The maximum absolute atomic E-state index is 11.2. The fourth-order valence-corrected chi connectivity index (χ4v) is 1.53. The average molecular weight is 230 g/mol. The molecule has 0 bridgehead atoms. The normalized spacial score (nSPS) is 10.2. The molecule has 0 aliphatic rings. The van der Waals surface area contributed by atoms with Gasteiger partial charge in [-0.15, -0.1) is 0 Å². The van der Waals surface area contributed by atoms with E-state index in [1.807, 2.05) is 18.2 Å². The van der Waals surface area contributed by atoms with E-state index in [9.17, 15) is 4.79 Å². The first-order valence-corrected chi connectivity index (χ1v) is 5.46. The van der Waals surface area contributed by atoms with Crippen molar-refractivity contribution >= 4 is 5.82 Å². The molecule has 0 saturated heterocycles. The smallest absolute Gasteiger partial charge is 0.252 e. The first kappa shape index (κ1) is 11.3. The zero-order valence-corrected chi connectivity index (χ0v) is 9.60. The van der Waals surface area contributed by atoms with Crippen molar-refractivity contribution in [3.63, 3.8) is 0 Å². The minimum Gasteiger partial charge on any atom is -0.369 e. The zero-order valence-electron chi connectivity index (χ0n) is 9.60. The summed E-state index contributed by atoms with van der Waals surface area (Å²) in [5.74, 6) is 1.21. The Labute approximate surface area is 99.0 Å². The van der Waals surface area contributed by atoms with Crippen LogP contribution in [0.1, 0.15) is 11.5 Å². The minimum atomic E-state index is -0.141. The van der Waals surface area contributed by atoms with Crippen molar-refractivity contribution in [3.8, 4) is 0 Å². The van der Waals surface area contributed by atoms with Crippen molar-refractivity contribution < 1.29 is 0 Å². The molecule has 0 atom stereocenters. The number of rotatable bonds is 4. The van der Waals surface area contributed by atoms with Crippen LogP contribution in [0.5, 0.6) is 0 Å². The van der Waals surface area contributed by atoms with E-state index in [1.54, 1.807) is 13.1 Å². The molecule has 5 nitrogen and oxygen atoms in total. The van der Waals surface area contributed by atoms with E-state index >= 15 is 0 Å². The van der Waals surface area contributed by atoms with Gasteiger partial charge in [0.25, 0.3) is 5.56 Å². The lowest BCUT2D eigenvalue weighted by molar-refractivity contribution is 0.938. The van der Waals surface area contributed by atoms with Gasteiger partial charge in [0.15, 0.2) is 0 Å². The van der Waals surface area contributed by atoms with Crippen molar-refractivity contribution in [1.82, 2.24) is 15.0 Å². The van der Waals surface area contributed by atoms with Gasteiger partial charge < -0.3 is 10.3 Å². The van der Waals surface area contributed by atoms with E-state index in [-0.39, 0.29) is 5.56 Å². The summed E-state index contributed by atoms with van der Waals surface area (Å²) >= 11 is 0. The molecular formula is C12H14N4O. The highest BCUT2D eigenvalue weighted by atomic mass is 16.1. The predicted octanol–water partition coefficient (Wildman–Crippen LogP) is 1.13. The first-order valence-electron chi connectivity index (χ1n) is 5.46. The third kappa shape index (κ3) is 3.41. The number of pyridine rings is 1. The van der Waals surface area contributed by atoms with Crippen molar-refractivity contribution in [3.05, 3.63) is 52.3 Å². The second-order valence-corrected chi connectivity index (χ2v) is 3.71. The summed E-state index contributed by atoms with van der Waals surface area (Å²) < 4.78 is 0. The number of hydrogen-bond donors (Lipinski definition) is 2. The van der Waals surface area contributed by atoms with E-state index in [0.717, 1.165) is 12.1 Å². The lowest BCUT2D eigenvalue weighted by atomic mass is 10.3. The maximum Gasteiger partial charge on any atom is 0.252 e.